The van der Waals surface area contributed by atoms with E-state index in [2.05, 4.69) is 6.07 Å². The number of nitrogens with zero attached hydrogens (tertiary/aromatic N) is 2. The molecule has 2 aromatic carbocycles. The number of ether oxygens (including phenoxy) is 6. The lowest BCUT2D eigenvalue weighted by atomic mass is 9.83. The first-order valence-electron chi connectivity index (χ1n) is 12.1. The van der Waals surface area contributed by atoms with Crippen molar-refractivity contribution in [3.8, 4) is 40.6 Å². The lowest BCUT2D eigenvalue weighted by Crippen LogP contribution is -2.33. The van der Waals surface area contributed by atoms with E-state index in [1.807, 2.05) is 25.1 Å². The first kappa shape index (κ1) is 27.3. The summed E-state index contributed by atoms with van der Waals surface area (Å²) in [5, 5.41) is 10.1. The Labute approximate surface area is 226 Å². The van der Waals surface area contributed by atoms with Crippen LogP contribution in [0.15, 0.2) is 52.6 Å². The maximum atomic E-state index is 14.1. The second kappa shape index (κ2) is 11.3. The Hall–Kier alpha value is -4.78. The Balaban J connectivity index is 1.85. The molecule has 0 fully saturated rings. The zero-order chi connectivity index (χ0) is 28.3. The van der Waals surface area contributed by atoms with Crippen molar-refractivity contribution < 1.29 is 28.4 Å². The minimum Gasteiger partial charge on any atom is -0.496 e. The number of aryl methyl sites for hydroxylation is 2. The van der Waals surface area contributed by atoms with Gasteiger partial charge in [0, 0.05) is 29.9 Å². The minimum atomic E-state index is -0.853. The van der Waals surface area contributed by atoms with Gasteiger partial charge in [0.1, 0.15) is 23.1 Å². The van der Waals surface area contributed by atoms with Gasteiger partial charge in [-0.05, 0) is 37.1 Å². The first-order chi connectivity index (χ1) is 18.8. The molecule has 0 bridgehead atoms. The molecular weight excluding hydrogens is 502 g/mol. The summed E-state index contributed by atoms with van der Waals surface area (Å²) in [6.07, 6.45) is 0.550. The van der Waals surface area contributed by atoms with Gasteiger partial charge in [-0.1, -0.05) is 6.07 Å². The Morgan fingerprint density at radius 1 is 0.897 bits per heavy atom. The van der Waals surface area contributed by atoms with Crippen LogP contribution in [0.5, 0.6) is 34.5 Å². The molecule has 1 aromatic heterocycles. The Morgan fingerprint density at radius 3 is 2.13 bits per heavy atom. The van der Waals surface area contributed by atoms with E-state index in [1.165, 1.54) is 21.3 Å². The molecule has 0 unspecified atom stereocenters. The summed E-state index contributed by atoms with van der Waals surface area (Å²) >= 11 is 0. The van der Waals surface area contributed by atoms with Crippen molar-refractivity contribution in [2.24, 2.45) is 5.73 Å². The number of fused-ring (bicyclic) bond motifs is 1. The highest BCUT2D eigenvalue weighted by Crippen LogP contribution is 2.46. The number of allylic oxidation sites excluding steroid dienone is 1. The average molecular weight is 534 g/mol. The van der Waals surface area contributed by atoms with E-state index in [1.54, 1.807) is 37.0 Å². The molecule has 39 heavy (non-hydrogen) atoms. The van der Waals surface area contributed by atoms with Crippen LogP contribution < -0.4 is 39.7 Å². The third-order valence-corrected chi connectivity index (χ3v) is 6.81. The number of benzene rings is 2. The van der Waals surface area contributed by atoms with E-state index in [-0.39, 0.29) is 22.6 Å². The van der Waals surface area contributed by atoms with Gasteiger partial charge in [-0.25, -0.2) is 0 Å². The number of hydrogen-bond acceptors (Lipinski definition) is 9. The SMILES string of the molecule is COc1ccc(CCn2c(C)cc3c(c2=O)[C@@H](c2cc(OC)c(OC)cc2OC)C(C#N)=C(N)O3)cc1OC. The van der Waals surface area contributed by atoms with Crippen LogP contribution >= 0.6 is 0 Å². The summed E-state index contributed by atoms with van der Waals surface area (Å²) in [7, 11) is 7.68. The molecule has 2 N–H and O–H groups in total. The molecule has 10 heteroatoms. The van der Waals surface area contributed by atoms with Crippen LogP contribution in [0, 0.1) is 18.3 Å². The van der Waals surface area contributed by atoms with E-state index in [4.69, 9.17) is 34.2 Å². The minimum absolute atomic E-state index is 0.0753. The van der Waals surface area contributed by atoms with Crippen LogP contribution in [0.1, 0.15) is 28.3 Å². The van der Waals surface area contributed by atoms with Gasteiger partial charge in [-0.15, -0.1) is 0 Å². The number of nitriles is 1. The van der Waals surface area contributed by atoms with E-state index in [0.29, 0.717) is 58.7 Å². The second-order valence-electron chi connectivity index (χ2n) is 8.83. The second-order valence-corrected chi connectivity index (χ2v) is 8.83. The largest absolute Gasteiger partial charge is 0.496 e. The van der Waals surface area contributed by atoms with Gasteiger partial charge in [0.15, 0.2) is 23.0 Å². The van der Waals surface area contributed by atoms with Gasteiger partial charge >= 0.3 is 0 Å². The summed E-state index contributed by atoms with van der Waals surface area (Å²) in [6, 6.07) is 12.9. The zero-order valence-corrected chi connectivity index (χ0v) is 22.8. The molecular formula is C29H31N3O7. The molecule has 4 rings (SSSR count). The summed E-state index contributed by atoms with van der Waals surface area (Å²) in [5.74, 6) is 1.86. The van der Waals surface area contributed by atoms with Gasteiger partial charge in [0.25, 0.3) is 5.56 Å². The maximum Gasteiger partial charge on any atom is 0.258 e. The van der Waals surface area contributed by atoms with Gasteiger partial charge in [-0.2, -0.15) is 5.26 Å². The van der Waals surface area contributed by atoms with Gasteiger partial charge < -0.3 is 38.7 Å². The summed E-state index contributed by atoms with van der Waals surface area (Å²) in [6.45, 7) is 2.20. The molecule has 0 amide bonds. The Kier molecular flexibility index (Phi) is 7.91. The highest BCUT2D eigenvalue weighted by molar-refractivity contribution is 5.61. The predicted molar refractivity (Wildman–Crippen MR) is 144 cm³/mol. The lowest BCUT2D eigenvalue weighted by molar-refractivity contribution is 0.346. The summed E-state index contributed by atoms with van der Waals surface area (Å²) in [5.41, 5.74) is 8.43. The third kappa shape index (κ3) is 4.91. The monoisotopic (exact) mass is 533 g/mol. The van der Waals surface area contributed by atoms with Crippen molar-refractivity contribution in [1.29, 1.82) is 5.26 Å². The zero-order valence-electron chi connectivity index (χ0n) is 22.8. The molecule has 0 spiro atoms. The highest BCUT2D eigenvalue weighted by atomic mass is 16.5. The molecule has 0 aliphatic carbocycles. The van der Waals surface area contributed by atoms with Crippen molar-refractivity contribution in [1.82, 2.24) is 4.57 Å². The molecule has 0 saturated heterocycles. The number of methoxy groups -OCH3 is 5. The van der Waals surface area contributed by atoms with Gasteiger partial charge in [0.2, 0.25) is 5.88 Å². The summed E-state index contributed by atoms with van der Waals surface area (Å²) in [4.78, 5) is 14.1. The standard InChI is InChI=1S/C29H31N3O7/c1-16-11-25-27(29(33)32(16)10-9-17-7-8-20(34-2)22(12-17)36-4)26(19(15-30)28(31)39-25)18-13-23(37-5)24(38-6)14-21(18)35-3/h7-8,11-14,26H,9-10,31H2,1-6H3/t26-/m0/s1. The fourth-order valence-corrected chi connectivity index (χ4v) is 4.83. The van der Waals surface area contributed by atoms with Gasteiger partial charge in [0.05, 0.1) is 47.0 Å². The van der Waals surface area contributed by atoms with Crippen molar-refractivity contribution in [2.45, 2.75) is 25.8 Å². The fourth-order valence-electron chi connectivity index (χ4n) is 4.83. The molecule has 0 saturated carbocycles. The number of hydrogen-bond donors (Lipinski definition) is 1. The van der Waals surface area contributed by atoms with Crippen LogP contribution in [0.2, 0.25) is 0 Å². The molecule has 204 valence electrons. The molecule has 1 atom stereocenters. The fraction of sp³-hybridized carbons (Fsp3) is 0.310. The van der Waals surface area contributed by atoms with Crippen molar-refractivity contribution in [3.05, 3.63) is 80.6 Å². The highest BCUT2D eigenvalue weighted by Gasteiger charge is 2.36. The topological polar surface area (TPSA) is 127 Å². The number of rotatable bonds is 9. The molecule has 1 aliphatic rings. The van der Waals surface area contributed by atoms with Crippen molar-refractivity contribution in [3.63, 3.8) is 0 Å². The van der Waals surface area contributed by atoms with Crippen LogP contribution in [0.3, 0.4) is 0 Å². The van der Waals surface area contributed by atoms with E-state index in [0.717, 1.165) is 5.56 Å². The molecule has 3 aromatic rings. The summed E-state index contributed by atoms with van der Waals surface area (Å²) < 4.78 is 34.8. The molecule has 0 radical (unpaired) electrons. The van der Waals surface area contributed by atoms with Crippen molar-refractivity contribution >= 4 is 0 Å². The Morgan fingerprint density at radius 2 is 1.51 bits per heavy atom. The van der Waals surface area contributed by atoms with Crippen LogP contribution in [0.25, 0.3) is 0 Å². The van der Waals surface area contributed by atoms with Crippen LogP contribution in [-0.4, -0.2) is 40.1 Å². The molecule has 1 aliphatic heterocycles. The maximum absolute atomic E-state index is 14.1. The predicted octanol–water partition coefficient (Wildman–Crippen LogP) is 3.66. The number of aromatic nitrogens is 1. The van der Waals surface area contributed by atoms with Crippen LogP contribution in [0.4, 0.5) is 0 Å². The first-order valence-corrected chi connectivity index (χ1v) is 12.1. The van der Waals surface area contributed by atoms with E-state index in [9.17, 15) is 10.1 Å². The lowest BCUT2D eigenvalue weighted by Gasteiger charge is -2.28. The smallest absolute Gasteiger partial charge is 0.258 e. The van der Waals surface area contributed by atoms with E-state index < -0.39 is 5.92 Å². The quantitative estimate of drug-likeness (QED) is 0.438. The van der Waals surface area contributed by atoms with Crippen molar-refractivity contribution in [2.75, 3.05) is 35.5 Å². The molecule has 2 heterocycles. The number of pyridine rings is 1. The third-order valence-electron chi connectivity index (χ3n) is 6.81. The van der Waals surface area contributed by atoms with Gasteiger partial charge in [-0.3, -0.25) is 4.79 Å². The number of nitrogens with two attached hydrogens (primary N) is 1. The van der Waals surface area contributed by atoms with E-state index >= 15 is 0 Å². The average Bonchev–Trinajstić information content (AvgIpc) is 2.95. The Bertz CT molecular complexity index is 1540. The van der Waals surface area contributed by atoms with Crippen LogP contribution in [-0.2, 0) is 13.0 Å². The normalized spacial score (nSPS) is 14.1. The molecule has 10 nitrogen and oxygen atoms in total.